The summed E-state index contributed by atoms with van der Waals surface area (Å²) >= 11 is 1.73. The fraction of sp³-hybridized carbons (Fsp3) is 0.955. The number of thioether (sulfide) groups is 1. The highest BCUT2D eigenvalue weighted by Gasteiger charge is 2.36. The van der Waals surface area contributed by atoms with Gasteiger partial charge in [0.2, 0.25) is 5.91 Å². The molecule has 1 amide bonds. The molecule has 31 heavy (non-hydrogen) atoms. The highest BCUT2D eigenvalue weighted by molar-refractivity contribution is 8.01. The molecule has 4 rings (SSSR count). The Morgan fingerprint density at radius 3 is 2.71 bits per heavy atom. The molecule has 1 saturated carbocycles. The second-order valence-electron chi connectivity index (χ2n) is 9.90. The number of carbonyl (C=O) groups is 1. The van der Waals surface area contributed by atoms with E-state index in [1.54, 1.807) is 11.8 Å². The molecule has 9 unspecified atom stereocenters. The van der Waals surface area contributed by atoms with Crippen molar-refractivity contribution >= 4 is 17.7 Å². The lowest BCUT2D eigenvalue weighted by Gasteiger charge is -2.43. The molecule has 0 bridgehead atoms. The van der Waals surface area contributed by atoms with Crippen LogP contribution in [0.2, 0.25) is 0 Å². The van der Waals surface area contributed by atoms with Gasteiger partial charge in [0.15, 0.2) is 0 Å². The summed E-state index contributed by atoms with van der Waals surface area (Å²) in [4.78, 5) is 12.7. The lowest BCUT2D eigenvalue weighted by Crippen LogP contribution is -2.66. The van der Waals surface area contributed by atoms with Gasteiger partial charge in [-0.2, -0.15) is 0 Å². The van der Waals surface area contributed by atoms with Crippen molar-refractivity contribution < 1.29 is 9.53 Å². The van der Waals surface area contributed by atoms with E-state index in [0.29, 0.717) is 35.4 Å². The molecular weight excluding hydrogens is 412 g/mol. The molecule has 3 heterocycles. The van der Waals surface area contributed by atoms with Crippen LogP contribution < -0.4 is 31.9 Å². The normalized spacial score (nSPS) is 44.2. The van der Waals surface area contributed by atoms with Crippen LogP contribution in [0.15, 0.2) is 0 Å². The van der Waals surface area contributed by atoms with Gasteiger partial charge in [-0.3, -0.25) is 20.7 Å². The molecule has 1 aliphatic carbocycles. The summed E-state index contributed by atoms with van der Waals surface area (Å²) in [5, 5.41) is 21.9. The summed E-state index contributed by atoms with van der Waals surface area (Å²) in [5.41, 5.74) is 0. The highest BCUT2D eigenvalue weighted by atomic mass is 32.2. The minimum atomic E-state index is 0.0447. The summed E-state index contributed by atoms with van der Waals surface area (Å²) in [6.45, 7) is 8.28. The van der Waals surface area contributed by atoms with E-state index in [1.165, 1.54) is 0 Å². The molecular formula is C22H42N6O2S. The molecule has 8 nitrogen and oxygen atoms in total. The standard InChI is InChI=1S/C22H42N6O2S/c1-13-4-5-16(26-21(29)20-12-25-14(2)31-20)9-19(13)28-22-24-7-6-18(27-22)15-8-17(30-3)11-23-10-15/h13-20,22-25,27-28H,4-12H2,1-3H3,(H,26,29). The first kappa shape index (κ1) is 23.7. The maximum atomic E-state index is 12.7. The van der Waals surface area contributed by atoms with Gasteiger partial charge >= 0.3 is 0 Å². The molecule has 6 N–H and O–H groups in total. The van der Waals surface area contributed by atoms with Crippen LogP contribution in [-0.4, -0.2) is 80.3 Å². The molecule has 3 saturated heterocycles. The maximum Gasteiger partial charge on any atom is 0.234 e. The Labute approximate surface area is 191 Å². The van der Waals surface area contributed by atoms with E-state index in [4.69, 9.17) is 4.74 Å². The van der Waals surface area contributed by atoms with Gasteiger partial charge in [-0.1, -0.05) is 6.92 Å². The van der Waals surface area contributed by atoms with E-state index in [1.807, 2.05) is 7.11 Å². The number of rotatable bonds is 6. The largest absolute Gasteiger partial charge is 0.380 e. The predicted octanol–water partition coefficient (Wildman–Crippen LogP) is 0.160. The van der Waals surface area contributed by atoms with Crippen LogP contribution >= 0.6 is 11.8 Å². The molecule has 0 aromatic heterocycles. The molecule has 0 aromatic rings. The predicted molar refractivity (Wildman–Crippen MR) is 126 cm³/mol. The Hall–Kier alpha value is -0.420. The monoisotopic (exact) mass is 454 g/mol. The molecule has 9 heteroatoms. The molecule has 0 aromatic carbocycles. The average molecular weight is 455 g/mol. The SMILES string of the molecule is COC1CNCC(C2CCNC(NC3CC(NC(=O)C4CNC(C)S4)CCC3C)N2)C1. The Kier molecular flexibility index (Phi) is 8.52. The minimum Gasteiger partial charge on any atom is -0.380 e. The Morgan fingerprint density at radius 1 is 1.06 bits per heavy atom. The third-order valence-electron chi connectivity index (χ3n) is 7.61. The topological polar surface area (TPSA) is 98.5 Å². The molecule has 9 atom stereocenters. The van der Waals surface area contributed by atoms with Gasteiger partial charge in [-0.05, 0) is 64.0 Å². The van der Waals surface area contributed by atoms with E-state index >= 15 is 0 Å². The van der Waals surface area contributed by atoms with Crippen LogP contribution in [-0.2, 0) is 9.53 Å². The zero-order valence-electron chi connectivity index (χ0n) is 19.3. The van der Waals surface area contributed by atoms with Crippen LogP contribution in [0, 0.1) is 11.8 Å². The van der Waals surface area contributed by atoms with Crippen molar-refractivity contribution in [2.45, 2.75) is 87.1 Å². The quantitative estimate of drug-likeness (QED) is 0.338. The molecule has 0 radical (unpaired) electrons. The van der Waals surface area contributed by atoms with Gasteiger partial charge in [-0.15, -0.1) is 11.8 Å². The minimum absolute atomic E-state index is 0.0447. The van der Waals surface area contributed by atoms with Gasteiger partial charge in [0, 0.05) is 38.3 Å². The van der Waals surface area contributed by atoms with E-state index in [9.17, 15) is 4.79 Å². The van der Waals surface area contributed by atoms with Gasteiger partial charge in [0.25, 0.3) is 0 Å². The lowest BCUT2D eigenvalue weighted by molar-refractivity contribution is -0.121. The number of piperidine rings is 1. The van der Waals surface area contributed by atoms with Crippen LogP contribution in [0.5, 0.6) is 0 Å². The summed E-state index contributed by atoms with van der Waals surface area (Å²) in [5.74, 6) is 1.40. The number of ether oxygens (including phenoxy) is 1. The van der Waals surface area contributed by atoms with Crippen LogP contribution in [0.3, 0.4) is 0 Å². The molecule has 3 aliphatic heterocycles. The van der Waals surface area contributed by atoms with Crippen molar-refractivity contribution in [3.63, 3.8) is 0 Å². The fourth-order valence-electron chi connectivity index (χ4n) is 5.60. The second-order valence-corrected chi connectivity index (χ2v) is 11.5. The third-order valence-corrected chi connectivity index (χ3v) is 8.89. The van der Waals surface area contributed by atoms with E-state index < -0.39 is 0 Å². The van der Waals surface area contributed by atoms with Gasteiger partial charge in [-0.25, -0.2) is 0 Å². The van der Waals surface area contributed by atoms with Gasteiger partial charge in [0.1, 0.15) is 6.29 Å². The summed E-state index contributed by atoms with van der Waals surface area (Å²) in [6.07, 6.45) is 5.92. The first-order valence-electron chi connectivity index (χ1n) is 12.2. The number of hydrogen-bond acceptors (Lipinski definition) is 8. The zero-order valence-corrected chi connectivity index (χ0v) is 20.1. The lowest BCUT2D eigenvalue weighted by atomic mass is 9.82. The van der Waals surface area contributed by atoms with E-state index in [2.05, 4.69) is 45.7 Å². The van der Waals surface area contributed by atoms with Crippen molar-refractivity contribution in [3.8, 4) is 0 Å². The smallest absolute Gasteiger partial charge is 0.234 e. The van der Waals surface area contributed by atoms with E-state index in [0.717, 1.165) is 58.3 Å². The van der Waals surface area contributed by atoms with Crippen molar-refractivity contribution in [2.75, 3.05) is 33.3 Å². The van der Waals surface area contributed by atoms with E-state index in [-0.39, 0.29) is 23.5 Å². The Bertz CT molecular complexity index is 598. The van der Waals surface area contributed by atoms with Gasteiger partial charge < -0.3 is 20.7 Å². The van der Waals surface area contributed by atoms with Crippen molar-refractivity contribution in [2.24, 2.45) is 11.8 Å². The van der Waals surface area contributed by atoms with Crippen LogP contribution in [0.4, 0.5) is 0 Å². The number of amides is 1. The number of nitrogens with one attached hydrogen (secondary N) is 6. The van der Waals surface area contributed by atoms with Crippen molar-refractivity contribution in [1.82, 2.24) is 31.9 Å². The van der Waals surface area contributed by atoms with Crippen molar-refractivity contribution in [1.29, 1.82) is 0 Å². The second kappa shape index (κ2) is 11.1. The maximum absolute atomic E-state index is 12.7. The third kappa shape index (κ3) is 6.34. The zero-order chi connectivity index (χ0) is 21.8. The molecule has 0 spiro atoms. The summed E-state index contributed by atoms with van der Waals surface area (Å²) in [7, 11) is 1.82. The van der Waals surface area contributed by atoms with Gasteiger partial charge in [0.05, 0.1) is 16.7 Å². The Balaban J connectivity index is 1.26. The number of hydrogen-bond donors (Lipinski definition) is 6. The molecule has 4 fully saturated rings. The Morgan fingerprint density at radius 2 is 1.94 bits per heavy atom. The summed E-state index contributed by atoms with van der Waals surface area (Å²) < 4.78 is 5.60. The summed E-state index contributed by atoms with van der Waals surface area (Å²) in [6, 6.07) is 1.15. The first-order valence-corrected chi connectivity index (χ1v) is 13.1. The number of carbonyl (C=O) groups excluding carboxylic acids is 1. The van der Waals surface area contributed by atoms with Crippen molar-refractivity contribution in [3.05, 3.63) is 0 Å². The fourth-order valence-corrected chi connectivity index (χ4v) is 6.67. The number of methoxy groups -OCH3 is 1. The highest BCUT2D eigenvalue weighted by Crippen LogP contribution is 2.27. The average Bonchev–Trinajstić information content (AvgIpc) is 3.23. The molecule has 178 valence electrons. The van der Waals surface area contributed by atoms with Crippen LogP contribution in [0.25, 0.3) is 0 Å². The first-order chi connectivity index (χ1) is 15.0. The van der Waals surface area contributed by atoms with Crippen LogP contribution in [0.1, 0.15) is 46.0 Å². The molecule has 4 aliphatic rings.